The molecule has 7 unspecified atom stereocenters. The number of halogens is 1. The summed E-state index contributed by atoms with van der Waals surface area (Å²) in [4.78, 5) is 56.7. The third kappa shape index (κ3) is 10.1. The van der Waals surface area contributed by atoms with E-state index in [0.29, 0.717) is 24.3 Å². The van der Waals surface area contributed by atoms with E-state index in [-0.39, 0.29) is 35.4 Å². The number of methoxy groups -OCH3 is 2. The zero-order valence-corrected chi connectivity index (χ0v) is 35.1. The number of esters is 1. The molecule has 0 radical (unpaired) electrons. The van der Waals surface area contributed by atoms with Gasteiger partial charge in [0.1, 0.15) is 40.7 Å². The van der Waals surface area contributed by atoms with E-state index in [4.69, 9.17) is 35.3 Å². The van der Waals surface area contributed by atoms with Crippen molar-refractivity contribution in [3.8, 4) is 5.75 Å². The van der Waals surface area contributed by atoms with Crippen molar-refractivity contribution >= 4 is 62.8 Å². The average molecular weight is 812 g/mol. The summed E-state index contributed by atoms with van der Waals surface area (Å²) in [5, 5.41) is 14.8. The van der Waals surface area contributed by atoms with Crippen LogP contribution in [0.4, 0.5) is 10.5 Å². The Kier molecular flexibility index (Phi) is 14.9. The first-order chi connectivity index (χ1) is 25.4. The van der Waals surface area contributed by atoms with Crippen LogP contribution in [0.15, 0.2) is 35.9 Å². The van der Waals surface area contributed by atoms with E-state index in [1.165, 1.54) is 24.0 Å². The van der Waals surface area contributed by atoms with E-state index in [0.717, 1.165) is 11.1 Å². The lowest BCUT2D eigenvalue weighted by atomic mass is 9.83. The molecule has 0 aliphatic carbocycles. The van der Waals surface area contributed by atoms with Gasteiger partial charge in [-0.3, -0.25) is 14.9 Å². The Morgan fingerprint density at radius 2 is 1.94 bits per heavy atom. The molecule has 0 saturated carbocycles. The minimum absolute atomic E-state index is 0.0460. The van der Waals surface area contributed by atoms with Crippen LogP contribution in [-0.2, 0) is 39.8 Å². The number of benzene rings is 1. The summed E-state index contributed by atoms with van der Waals surface area (Å²) in [7, 11) is 9.38. The molecular weight excluding hydrogens is 758 g/mol. The number of carbonyl (C=O) groups is 4. The number of amides is 3. The highest BCUT2D eigenvalue weighted by molar-refractivity contribution is 8.76. The number of allylic oxidation sites excluding steroid dienone is 3. The molecule has 2 N–H and O–H groups in total. The van der Waals surface area contributed by atoms with Gasteiger partial charge in [0.05, 0.1) is 25.3 Å². The van der Waals surface area contributed by atoms with Crippen molar-refractivity contribution in [1.82, 2.24) is 10.2 Å². The number of likely N-dealkylation sites (N-methyl/N-ethyl adjacent to an activating group) is 1. The maximum atomic E-state index is 14.2. The minimum Gasteiger partial charge on any atom is -0.495 e. The minimum atomic E-state index is -1.82. The Morgan fingerprint density at radius 1 is 1.24 bits per heavy atom. The first-order valence-electron chi connectivity index (χ1n) is 17.9. The molecule has 4 bridgehead atoms. The molecule has 9 atom stereocenters. The van der Waals surface area contributed by atoms with Gasteiger partial charge < -0.3 is 38.6 Å². The predicted molar refractivity (Wildman–Crippen MR) is 211 cm³/mol. The third-order valence-corrected chi connectivity index (χ3v) is 13.2. The smallest absolute Gasteiger partial charge is 0.409 e. The highest BCUT2D eigenvalue weighted by Crippen LogP contribution is 2.49. The lowest BCUT2D eigenvalue weighted by Crippen LogP contribution is -2.63. The largest absolute Gasteiger partial charge is 0.495 e. The molecule has 3 aliphatic rings. The number of alkyl carbamates (subject to hydrolysis) is 1. The number of carbonyl (C=O) groups excluding carboxylic acids is 4. The quantitative estimate of drug-likeness (QED) is 0.169. The first kappa shape index (κ1) is 43.8. The van der Waals surface area contributed by atoms with Crippen molar-refractivity contribution < 1.29 is 48.0 Å². The number of epoxide rings is 1. The second-order valence-corrected chi connectivity index (χ2v) is 17.8. The fourth-order valence-electron chi connectivity index (χ4n) is 6.93. The third-order valence-electron chi connectivity index (χ3n) is 10.5. The monoisotopic (exact) mass is 811 g/mol. The normalized spacial score (nSPS) is 31.4. The predicted octanol–water partition coefficient (Wildman–Crippen LogP) is 5.69. The summed E-state index contributed by atoms with van der Waals surface area (Å²) in [5.74, 6) is -1.48. The van der Waals surface area contributed by atoms with E-state index in [1.54, 1.807) is 73.8 Å². The van der Waals surface area contributed by atoms with Crippen molar-refractivity contribution in [2.45, 2.75) is 114 Å². The highest BCUT2D eigenvalue weighted by Gasteiger charge is 2.64. The number of fused-ring (bicyclic) bond motifs is 5. The number of hydrogen-bond donors (Lipinski definition) is 2. The number of nitrogens with zero attached hydrogens (tertiary/aromatic N) is 2. The van der Waals surface area contributed by atoms with Gasteiger partial charge in [0.25, 0.3) is 0 Å². The summed E-state index contributed by atoms with van der Waals surface area (Å²) >= 11 is 6.77. The van der Waals surface area contributed by atoms with Crippen LogP contribution >= 0.6 is 33.2 Å². The fraction of sp³-hybridized carbons (Fsp3) is 0.632. The number of aliphatic hydroxyl groups is 1. The van der Waals surface area contributed by atoms with Crippen LogP contribution in [0.2, 0.25) is 5.02 Å². The molecule has 16 heteroatoms. The van der Waals surface area contributed by atoms with Gasteiger partial charge in [0, 0.05) is 45.2 Å². The van der Waals surface area contributed by atoms with Gasteiger partial charge in [-0.15, -0.1) is 0 Å². The van der Waals surface area contributed by atoms with Crippen LogP contribution < -0.4 is 15.0 Å². The summed E-state index contributed by atoms with van der Waals surface area (Å²) < 4.78 is 29.3. The zero-order valence-electron chi connectivity index (χ0n) is 32.7. The van der Waals surface area contributed by atoms with Crippen molar-refractivity contribution in [3.05, 3.63) is 46.5 Å². The van der Waals surface area contributed by atoms with E-state index in [2.05, 4.69) is 5.32 Å². The van der Waals surface area contributed by atoms with Crippen molar-refractivity contribution in [3.63, 3.8) is 0 Å². The Balaban J connectivity index is 1.72. The topological polar surface area (TPSA) is 156 Å². The van der Waals surface area contributed by atoms with Gasteiger partial charge in [0.2, 0.25) is 11.8 Å². The molecule has 2 fully saturated rings. The summed E-state index contributed by atoms with van der Waals surface area (Å²) in [5.41, 5.74) is -0.890. The molecule has 3 amide bonds. The average Bonchev–Trinajstić information content (AvgIpc) is 3.82. The van der Waals surface area contributed by atoms with Gasteiger partial charge in [0.15, 0.2) is 5.72 Å². The van der Waals surface area contributed by atoms with Crippen LogP contribution in [0.5, 0.6) is 5.75 Å². The van der Waals surface area contributed by atoms with E-state index in [9.17, 15) is 24.3 Å². The Hall–Kier alpha value is -2.95. The number of anilines is 1. The van der Waals surface area contributed by atoms with E-state index in [1.807, 2.05) is 33.1 Å². The molecule has 1 aromatic rings. The number of nitrogens with one attached hydrogen (secondary N) is 1. The molecule has 3 heterocycles. The first-order valence-corrected chi connectivity index (χ1v) is 20.9. The van der Waals surface area contributed by atoms with Gasteiger partial charge in [-0.25, -0.2) is 9.59 Å². The van der Waals surface area contributed by atoms with Crippen LogP contribution in [0, 0.1) is 5.92 Å². The second-order valence-electron chi connectivity index (χ2n) is 14.5. The maximum absolute atomic E-state index is 14.2. The molecule has 54 heavy (non-hydrogen) atoms. The van der Waals surface area contributed by atoms with Gasteiger partial charge in [-0.05, 0) is 57.6 Å². The van der Waals surface area contributed by atoms with Gasteiger partial charge in [-0.1, -0.05) is 70.8 Å². The molecule has 1 aromatic carbocycles. The van der Waals surface area contributed by atoms with E-state index >= 15 is 0 Å². The summed E-state index contributed by atoms with van der Waals surface area (Å²) in [6.07, 6.45) is 3.89. The maximum Gasteiger partial charge on any atom is 0.409 e. The Morgan fingerprint density at radius 3 is 2.59 bits per heavy atom. The molecule has 4 rings (SSSR count). The molecule has 0 spiro atoms. The molecule has 0 aromatic heterocycles. The van der Waals surface area contributed by atoms with Gasteiger partial charge >= 0.3 is 12.1 Å². The Bertz CT molecular complexity index is 1630. The molecule has 3 aliphatic heterocycles. The lowest BCUT2D eigenvalue weighted by Gasteiger charge is -2.42. The molecular formula is C38H54ClN3O10S2. The number of ether oxygens (including phenoxy) is 5. The van der Waals surface area contributed by atoms with Crippen LogP contribution in [0.25, 0.3) is 0 Å². The zero-order chi connectivity index (χ0) is 40.1. The molecule has 300 valence electrons. The van der Waals surface area contributed by atoms with Crippen LogP contribution in [-0.4, -0.2) is 115 Å². The standard InChI is InChI=1S/C38H54ClN3O10S2/c1-21-12-11-13-29(49-9)38(47)20-28(50-36(46)40-38)23(3)34-37(5,52-34)30(51-35(45)24(4)41(6)31(43)15-14-22(2)54-53-10)19-32(44)42(7)26-17-25(16-21)18-27(48-8)33(26)39/h11-13,17-18,22-24,28-30,34,47H,14-16,19-20H2,1-10H3,(H,40,46)/b13-11+,21-12+/t22-,23?,24-,28?,29?,30?,34?,37?,38?/m1/s1. The molecule has 13 nitrogen and oxygen atoms in total. The highest BCUT2D eigenvalue weighted by atomic mass is 35.5. The van der Waals surface area contributed by atoms with E-state index < -0.39 is 65.7 Å². The molecule has 2 saturated heterocycles. The second kappa shape index (κ2) is 18.3. The SMILES string of the molecule is COc1cc2cc(c1Cl)N(C)C(=O)CC(OC(=O)[C@@H](C)N(C)C(=O)CC[C@@H](C)SSC)C1(C)OC1C(C)C1CC(O)(NC(=O)O1)C(OC)/C=C/C=C(\C)C2. The van der Waals surface area contributed by atoms with Gasteiger partial charge in [-0.2, -0.15) is 0 Å². The van der Waals surface area contributed by atoms with Crippen molar-refractivity contribution in [1.29, 1.82) is 0 Å². The van der Waals surface area contributed by atoms with Crippen LogP contribution in [0.3, 0.4) is 0 Å². The summed E-state index contributed by atoms with van der Waals surface area (Å²) in [6, 6.07) is 2.63. The van der Waals surface area contributed by atoms with Crippen LogP contribution in [0.1, 0.15) is 65.9 Å². The lowest BCUT2D eigenvalue weighted by molar-refractivity contribution is -0.162. The number of rotatable bonds is 10. The van der Waals surface area contributed by atoms with Crippen molar-refractivity contribution in [2.75, 3.05) is 39.5 Å². The fourth-order valence-corrected chi connectivity index (χ4v) is 9.06. The number of hydrogen-bond acceptors (Lipinski definition) is 12. The Labute approximate surface area is 331 Å². The van der Waals surface area contributed by atoms with Crippen molar-refractivity contribution in [2.24, 2.45) is 5.92 Å². The summed E-state index contributed by atoms with van der Waals surface area (Å²) in [6.45, 7) is 9.09.